The van der Waals surface area contributed by atoms with E-state index in [1.54, 1.807) is 0 Å². The summed E-state index contributed by atoms with van der Waals surface area (Å²) < 4.78 is 52.7. The van der Waals surface area contributed by atoms with Gasteiger partial charge in [0, 0.05) is 11.8 Å². The molecule has 0 unspecified atom stereocenters. The molecule has 7 nitrogen and oxygen atoms in total. The zero-order valence-corrected chi connectivity index (χ0v) is 24.1. The first-order valence-corrected chi connectivity index (χ1v) is 15.5. The normalized spacial score (nSPS) is 24.6. The average Bonchev–Trinajstić information content (AvgIpc) is 2.95. The number of carbonyl (C=O) groups excluding carboxylic acids is 1. The van der Waals surface area contributed by atoms with Crippen LogP contribution in [0.5, 0.6) is 11.5 Å². The number of carbonyl (C=O) groups is 1. The van der Waals surface area contributed by atoms with Crippen LogP contribution in [-0.2, 0) is 20.2 Å². The van der Waals surface area contributed by atoms with Crippen molar-refractivity contribution >= 4 is 27.3 Å². The van der Waals surface area contributed by atoms with E-state index in [4.69, 9.17) is 9.47 Å². The van der Waals surface area contributed by atoms with Gasteiger partial charge in [0.1, 0.15) is 12.4 Å². The molecule has 0 aliphatic heterocycles. The van der Waals surface area contributed by atoms with Crippen molar-refractivity contribution in [3.63, 3.8) is 0 Å². The standard InChI is InChI=1S/C32H35FN2O5S/c1-39-29-12-11-28(16-30(29)40-2)41(37,38)35(27-9-5-25(33)6-10-27)20-31(36)34-26-7-3-24(4-8-26)32-17-21-13-22(18-32)15-23(14-21)19-32/h3-12,16,21-23H,13-15,17-20H2,1-2H3,(H,34,36). The van der Waals surface area contributed by atoms with Crippen molar-refractivity contribution in [3.8, 4) is 11.5 Å². The van der Waals surface area contributed by atoms with Crippen molar-refractivity contribution in [2.75, 3.05) is 30.4 Å². The molecule has 216 valence electrons. The maximum Gasteiger partial charge on any atom is 0.264 e. The van der Waals surface area contributed by atoms with Crippen LogP contribution in [0.15, 0.2) is 71.6 Å². The molecule has 4 aliphatic rings. The molecule has 4 saturated carbocycles. The summed E-state index contributed by atoms with van der Waals surface area (Å²) in [7, 11) is -1.36. The number of nitrogens with zero attached hydrogens (tertiary/aromatic N) is 1. The highest BCUT2D eigenvalue weighted by molar-refractivity contribution is 7.92. The second kappa shape index (κ2) is 10.7. The number of hydrogen-bond acceptors (Lipinski definition) is 5. The number of anilines is 2. The van der Waals surface area contributed by atoms with Crippen LogP contribution in [0.2, 0.25) is 0 Å². The van der Waals surface area contributed by atoms with Crippen molar-refractivity contribution in [1.29, 1.82) is 0 Å². The lowest BCUT2D eigenvalue weighted by atomic mass is 9.48. The van der Waals surface area contributed by atoms with Gasteiger partial charge in [-0.25, -0.2) is 12.8 Å². The van der Waals surface area contributed by atoms with E-state index in [1.165, 1.54) is 88.6 Å². The number of sulfonamides is 1. The molecule has 4 aliphatic carbocycles. The molecule has 9 heteroatoms. The number of benzene rings is 3. The van der Waals surface area contributed by atoms with Gasteiger partial charge in [-0.15, -0.1) is 0 Å². The van der Waals surface area contributed by atoms with Gasteiger partial charge in [0.15, 0.2) is 11.5 Å². The largest absolute Gasteiger partial charge is 0.493 e. The monoisotopic (exact) mass is 578 g/mol. The SMILES string of the molecule is COc1ccc(S(=O)(=O)N(CC(=O)Nc2ccc(C34CC5CC(CC(C5)C3)C4)cc2)c2ccc(F)cc2)cc1OC. The van der Waals surface area contributed by atoms with E-state index >= 15 is 0 Å². The Morgan fingerprint density at radius 2 is 1.46 bits per heavy atom. The Balaban J connectivity index is 1.22. The topological polar surface area (TPSA) is 84.9 Å². The summed E-state index contributed by atoms with van der Waals surface area (Å²) >= 11 is 0. The van der Waals surface area contributed by atoms with Crippen molar-refractivity contribution in [2.24, 2.45) is 17.8 Å². The first-order valence-electron chi connectivity index (χ1n) is 14.1. The smallest absolute Gasteiger partial charge is 0.264 e. The predicted molar refractivity (Wildman–Crippen MR) is 155 cm³/mol. The van der Waals surface area contributed by atoms with Crippen LogP contribution < -0.4 is 19.1 Å². The maximum absolute atomic E-state index is 13.8. The number of nitrogens with one attached hydrogen (secondary N) is 1. The molecule has 41 heavy (non-hydrogen) atoms. The Hall–Kier alpha value is -3.59. The molecule has 0 atom stereocenters. The number of halogens is 1. The summed E-state index contributed by atoms with van der Waals surface area (Å²) in [6.45, 7) is -0.501. The minimum atomic E-state index is -4.23. The first-order chi connectivity index (χ1) is 19.7. The zero-order chi connectivity index (χ0) is 28.8. The molecule has 4 fully saturated rings. The molecular formula is C32H35FN2O5S. The summed E-state index contributed by atoms with van der Waals surface area (Å²) in [5.74, 6) is 2.09. The van der Waals surface area contributed by atoms with Gasteiger partial charge < -0.3 is 14.8 Å². The molecule has 0 heterocycles. The Bertz CT molecular complexity index is 1500. The Morgan fingerprint density at radius 1 is 0.878 bits per heavy atom. The molecule has 0 spiro atoms. The van der Waals surface area contributed by atoms with E-state index in [2.05, 4.69) is 17.4 Å². The van der Waals surface area contributed by atoms with Gasteiger partial charge in [-0.05, 0) is 116 Å². The van der Waals surface area contributed by atoms with Crippen molar-refractivity contribution < 1.29 is 27.1 Å². The lowest BCUT2D eigenvalue weighted by molar-refractivity contribution is -0.114. The number of rotatable bonds is 9. The van der Waals surface area contributed by atoms with E-state index in [-0.39, 0.29) is 21.7 Å². The van der Waals surface area contributed by atoms with E-state index in [1.807, 2.05) is 12.1 Å². The van der Waals surface area contributed by atoms with Gasteiger partial charge in [-0.2, -0.15) is 0 Å². The molecule has 3 aromatic rings. The summed E-state index contributed by atoms with van der Waals surface area (Å²) in [4.78, 5) is 13.1. The minimum absolute atomic E-state index is 0.0906. The first kappa shape index (κ1) is 27.6. The molecule has 7 rings (SSSR count). The Kier molecular flexibility index (Phi) is 7.18. The fourth-order valence-electron chi connectivity index (χ4n) is 7.73. The maximum atomic E-state index is 13.8. The van der Waals surface area contributed by atoms with Gasteiger partial charge >= 0.3 is 0 Å². The van der Waals surface area contributed by atoms with Crippen molar-refractivity contribution in [3.05, 3.63) is 78.1 Å². The summed E-state index contributed by atoms with van der Waals surface area (Å²) in [5, 5.41) is 2.86. The molecule has 4 bridgehead atoms. The van der Waals surface area contributed by atoms with Crippen LogP contribution in [0.1, 0.15) is 44.1 Å². The van der Waals surface area contributed by atoms with Gasteiger partial charge in [-0.3, -0.25) is 9.10 Å². The van der Waals surface area contributed by atoms with E-state index in [9.17, 15) is 17.6 Å². The predicted octanol–water partition coefficient (Wildman–Crippen LogP) is 6.14. The fraction of sp³-hybridized carbons (Fsp3) is 0.406. The van der Waals surface area contributed by atoms with Crippen molar-refractivity contribution in [2.45, 2.75) is 48.8 Å². The number of hydrogen-bond donors (Lipinski definition) is 1. The Labute approximate surface area is 240 Å². The quantitative estimate of drug-likeness (QED) is 0.330. The van der Waals surface area contributed by atoms with Gasteiger partial charge in [0.2, 0.25) is 5.91 Å². The Morgan fingerprint density at radius 3 is 2.02 bits per heavy atom. The van der Waals surface area contributed by atoms with Crippen LogP contribution in [-0.4, -0.2) is 35.1 Å². The van der Waals surface area contributed by atoms with E-state index in [0.29, 0.717) is 11.4 Å². The highest BCUT2D eigenvalue weighted by Crippen LogP contribution is 2.60. The van der Waals surface area contributed by atoms with Crippen LogP contribution >= 0.6 is 0 Å². The van der Waals surface area contributed by atoms with Crippen LogP contribution in [0.25, 0.3) is 0 Å². The number of ether oxygens (including phenoxy) is 2. The summed E-state index contributed by atoms with van der Waals surface area (Å²) in [6.07, 6.45) is 7.90. The minimum Gasteiger partial charge on any atom is -0.493 e. The number of amides is 1. The van der Waals surface area contributed by atoms with Crippen LogP contribution in [0.4, 0.5) is 15.8 Å². The molecule has 1 N–H and O–H groups in total. The molecule has 3 aromatic carbocycles. The molecular weight excluding hydrogens is 543 g/mol. The molecule has 0 aromatic heterocycles. The average molecular weight is 579 g/mol. The van der Waals surface area contributed by atoms with E-state index < -0.39 is 28.3 Å². The van der Waals surface area contributed by atoms with Gasteiger partial charge in [-0.1, -0.05) is 12.1 Å². The zero-order valence-electron chi connectivity index (χ0n) is 23.3. The van der Waals surface area contributed by atoms with Gasteiger partial charge in [0.05, 0.1) is 24.8 Å². The van der Waals surface area contributed by atoms with Crippen molar-refractivity contribution in [1.82, 2.24) is 0 Å². The highest BCUT2D eigenvalue weighted by Gasteiger charge is 2.51. The lowest BCUT2D eigenvalue weighted by Gasteiger charge is -2.57. The lowest BCUT2D eigenvalue weighted by Crippen LogP contribution is -2.48. The third-order valence-corrected chi connectivity index (χ3v) is 10.9. The summed E-state index contributed by atoms with van der Waals surface area (Å²) in [5.41, 5.74) is 2.36. The number of methoxy groups -OCH3 is 2. The van der Waals surface area contributed by atoms with Gasteiger partial charge in [0.25, 0.3) is 10.0 Å². The second-order valence-corrected chi connectivity index (χ2v) is 13.7. The van der Waals surface area contributed by atoms with Crippen LogP contribution in [0.3, 0.4) is 0 Å². The third kappa shape index (κ3) is 5.27. The van der Waals surface area contributed by atoms with Crippen LogP contribution in [0, 0.1) is 23.6 Å². The third-order valence-electron chi connectivity index (χ3n) is 9.16. The second-order valence-electron chi connectivity index (χ2n) is 11.8. The highest BCUT2D eigenvalue weighted by atomic mass is 32.2. The summed E-state index contributed by atoms with van der Waals surface area (Å²) in [6, 6.07) is 17.3. The fourth-order valence-corrected chi connectivity index (χ4v) is 9.17. The molecule has 0 radical (unpaired) electrons. The van der Waals surface area contributed by atoms with E-state index in [0.717, 1.165) is 34.2 Å². The molecule has 0 saturated heterocycles. The molecule has 1 amide bonds.